The zero-order valence-corrected chi connectivity index (χ0v) is 14.5. The topological polar surface area (TPSA) is 88.3 Å². The predicted octanol–water partition coefficient (Wildman–Crippen LogP) is 1.83. The zero-order chi connectivity index (χ0) is 18.0. The van der Waals surface area contributed by atoms with E-state index in [1.165, 1.54) is 0 Å². The van der Waals surface area contributed by atoms with E-state index in [-0.39, 0.29) is 18.9 Å². The third-order valence-electron chi connectivity index (χ3n) is 4.88. The highest BCUT2D eigenvalue weighted by Gasteiger charge is 2.39. The Morgan fingerprint density at radius 2 is 2.00 bits per heavy atom. The number of likely N-dealkylation sites (tertiary alicyclic amines) is 1. The number of amides is 1. The molecule has 0 unspecified atom stereocenters. The molecule has 3 rings (SSSR count). The van der Waals surface area contributed by atoms with Gasteiger partial charge in [0.25, 0.3) is 0 Å². The molecule has 0 radical (unpaired) electrons. The van der Waals surface area contributed by atoms with Crippen molar-refractivity contribution in [2.45, 2.75) is 33.1 Å². The van der Waals surface area contributed by atoms with Crippen LogP contribution in [-0.4, -0.2) is 50.0 Å². The summed E-state index contributed by atoms with van der Waals surface area (Å²) in [6.45, 7) is 4.42. The molecule has 25 heavy (non-hydrogen) atoms. The van der Waals surface area contributed by atoms with E-state index >= 15 is 0 Å². The number of carboxylic acids is 1. The quantitative estimate of drug-likeness (QED) is 0.916. The maximum absolute atomic E-state index is 12.6. The minimum absolute atomic E-state index is 0.101. The summed E-state index contributed by atoms with van der Waals surface area (Å²) in [6, 6.07) is 9.62. The van der Waals surface area contributed by atoms with Crippen LogP contribution in [0.5, 0.6) is 0 Å². The lowest BCUT2D eigenvalue weighted by molar-refractivity contribution is -0.153. The molecule has 1 aliphatic rings. The molecule has 1 fully saturated rings. The highest BCUT2D eigenvalue weighted by atomic mass is 16.4. The Morgan fingerprint density at radius 3 is 2.68 bits per heavy atom. The number of aliphatic carboxylic acids is 1. The second kappa shape index (κ2) is 6.66. The molecule has 132 valence electrons. The van der Waals surface area contributed by atoms with Crippen molar-refractivity contribution in [2.75, 3.05) is 13.1 Å². The number of piperidine rings is 1. The molecule has 1 atom stereocenters. The van der Waals surface area contributed by atoms with Crippen molar-refractivity contribution in [1.82, 2.24) is 19.9 Å². The maximum atomic E-state index is 12.6. The molecule has 0 saturated carbocycles. The van der Waals surface area contributed by atoms with Crippen LogP contribution in [0.15, 0.2) is 30.3 Å². The zero-order valence-electron chi connectivity index (χ0n) is 14.5. The molecule has 1 saturated heterocycles. The molecular weight excluding hydrogens is 320 g/mol. The fraction of sp³-hybridized carbons (Fsp3) is 0.444. The monoisotopic (exact) mass is 342 g/mol. The van der Waals surface area contributed by atoms with E-state index in [2.05, 4.69) is 10.3 Å². The molecule has 1 aliphatic heterocycles. The molecule has 0 bridgehead atoms. The molecule has 1 aromatic carbocycles. The maximum Gasteiger partial charge on any atom is 0.311 e. The van der Waals surface area contributed by atoms with Gasteiger partial charge in [0.05, 0.1) is 28.9 Å². The Hall–Kier alpha value is -2.70. The van der Waals surface area contributed by atoms with Gasteiger partial charge in [-0.2, -0.15) is 0 Å². The molecule has 7 nitrogen and oxygen atoms in total. The normalized spacial score (nSPS) is 20.5. The summed E-state index contributed by atoms with van der Waals surface area (Å²) in [7, 11) is 0. The standard InChI is InChI=1S/C18H22N4O3/c1-13-15(19-20-22(13)14-7-4-3-5-8-14)11-16(23)21-10-6-9-18(2,12-21)17(24)25/h3-5,7-8H,6,9-12H2,1-2H3,(H,24,25)/t18-/m0/s1. The number of hydrogen-bond donors (Lipinski definition) is 1. The summed E-state index contributed by atoms with van der Waals surface area (Å²) in [5, 5.41) is 17.7. The first-order chi connectivity index (χ1) is 11.9. The lowest BCUT2D eigenvalue weighted by atomic mass is 9.82. The van der Waals surface area contributed by atoms with Crippen LogP contribution in [0.1, 0.15) is 31.2 Å². The van der Waals surface area contributed by atoms with E-state index in [9.17, 15) is 14.7 Å². The number of para-hydroxylation sites is 1. The van der Waals surface area contributed by atoms with Crippen LogP contribution in [0, 0.1) is 12.3 Å². The van der Waals surface area contributed by atoms with Crippen LogP contribution >= 0.6 is 0 Å². The molecule has 7 heteroatoms. The molecule has 1 amide bonds. The predicted molar refractivity (Wildman–Crippen MR) is 91.4 cm³/mol. The van der Waals surface area contributed by atoms with Crippen LogP contribution in [0.2, 0.25) is 0 Å². The minimum Gasteiger partial charge on any atom is -0.481 e. The second-order valence-electron chi connectivity index (χ2n) is 6.83. The van der Waals surface area contributed by atoms with Crippen molar-refractivity contribution in [3.63, 3.8) is 0 Å². The van der Waals surface area contributed by atoms with Crippen LogP contribution in [-0.2, 0) is 16.0 Å². The van der Waals surface area contributed by atoms with E-state index in [4.69, 9.17) is 0 Å². The first-order valence-electron chi connectivity index (χ1n) is 8.38. The number of benzene rings is 1. The number of rotatable bonds is 4. The smallest absolute Gasteiger partial charge is 0.311 e. The summed E-state index contributed by atoms with van der Waals surface area (Å²) in [5.74, 6) is -0.952. The van der Waals surface area contributed by atoms with Gasteiger partial charge >= 0.3 is 5.97 Å². The SMILES string of the molecule is Cc1c(CC(=O)N2CCC[C@](C)(C(=O)O)C2)nnn1-c1ccccc1. The van der Waals surface area contributed by atoms with E-state index in [0.29, 0.717) is 25.1 Å². The van der Waals surface area contributed by atoms with Gasteiger partial charge in [-0.05, 0) is 38.8 Å². The van der Waals surface area contributed by atoms with E-state index in [1.807, 2.05) is 37.3 Å². The summed E-state index contributed by atoms with van der Waals surface area (Å²) >= 11 is 0. The number of carbonyl (C=O) groups is 2. The lowest BCUT2D eigenvalue weighted by Gasteiger charge is -2.37. The van der Waals surface area contributed by atoms with Gasteiger partial charge in [0.15, 0.2) is 0 Å². The van der Waals surface area contributed by atoms with Crippen LogP contribution in [0.3, 0.4) is 0 Å². The number of carbonyl (C=O) groups excluding carboxylic acids is 1. The summed E-state index contributed by atoms with van der Waals surface area (Å²) in [4.78, 5) is 25.7. The van der Waals surface area contributed by atoms with Gasteiger partial charge in [-0.3, -0.25) is 9.59 Å². The number of aromatic nitrogens is 3. The lowest BCUT2D eigenvalue weighted by Crippen LogP contribution is -2.48. The van der Waals surface area contributed by atoms with Crippen LogP contribution in [0.25, 0.3) is 5.69 Å². The average molecular weight is 342 g/mol. The molecule has 2 heterocycles. The van der Waals surface area contributed by atoms with E-state index in [0.717, 1.165) is 11.4 Å². The van der Waals surface area contributed by atoms with Crippen molar-refractivity contribution in [1.29, 1.82) is 0 Å². The van der Waals surface area contributed by atoms with Crippen LogP contribution < -0.4 is 0 Å². The Labute approximate surface area is 146 Å². The average Bonchev–Trinajstić information content (AvgIpc) is 2.96. The van der Waals surface area contributed by atoms with Crippen LogP contribution in [0.4, 0.5) is 0 Å². The first kappa shape index (κ1) is 17.1. The number of hydrogen-bond acceptors (Lipinski definition) is 4. The number of nitrogens with zero attached hydrogens (tertiary/aromatic N) is 4. The van der Waals surface area contributed by atoms with Gasteiger partial charge in [0.1, 0.15) is 0 Å². The Bertz CT molecular complexity index is 787. The largest absolute Gasteiger partial charge is 0.481 e. The van der Waals surface area contributed by atoms with Gasteiger partial charge in [0, 0.05) is 13.1 Å². The van der Waals surface area contributed by atoms with Gasteiger partial charge in [0.2, 0.25) is 5.91 Å². The van der Waals surface area contributed by atoms with Crippen molar-refractivity contribution >= 4 is 11.9 Å². The molecule has 2 aromatic rings. The Balaban J connectivity index is 1.74. The Kier molecular flexibility index (Phi) is 4.57. The van der Waals surface area contributed by atoms with Gasteiger partial charge in [-0.25, -0.2) is 4.68 Å². The molecule has 1 aromatic heterocycles. The van der Waals surface area contributed by atoms with Gasteiger partial charge in [-0.15, -0.1) is 5.10 Å². The molecule has 1 N–H and O–H groups in total. The van der Waals surface area contributed by atoms with E-state index in [1.54, 1.807) is 16.5 Å². The van der Waals surface area contributed by atoms with Crippen molar-refractivity contribution in [3.8, 4) is 5.69 Å². The number of carboxylic acid groups (broad SMARTS) is 1. The summed E-state index contributed by atoms with van der Waals surface area (Å²) in [6.07, 6.45) is 1.42. The van der Waals surface area contributed by atoms with Crippen molar-refractivity contribution < 1.29 is 14.7 Å². The van der Waals surface area contributed by atoms with E-state index < -0.39 is 11.4 Å². The molecule has 0 aliphatic carbocycles. The Morgan fingerprint density at radius 1 is 1.28 bits per heavy atom. The van der Waals surface area contributed by atoms with Gasteiger partial charge < -0.3 is 10.0 Å². The summed E-state index contributed by atoms with van der Waals surface area (Å²) < 4.78 is 1.71. The molecule has 0 spiro atoms. The third-order valence-corrected chi connectivity index (χ3v) is 4.88. The third kappa shape index (κ3) is 3.40. The highest BCUT2D eigenvalue weighted by molar-refractivity contribution is 5.81. The fourth-order valence-electron chi connectivity index (χ4n) is 3.22. The second-order valence-corrected chi connectivity index (χ2v) is 6.83. The fourth-order valence-corrected chi connectivity index (χ4v) is 3.22. The first-order valence-corrected chi connectivity index (χ1v) is 8.38. The highest BCUT2D eigenvalue weighted by Crippen LogP contribution is 2.30. The summed E-state index contributed by atoms with van der Waals surface area (Å²) in [5.41, 5.74) is 1.46. The minimum atomic E-state index is -0.870. The van der Waals surface area contributed by atoms with Crippen molar-refractivity contribution in [3.05, 3.63) is 41.7 Å². The van der Waals surface area contributed by atoms with Gasteiger partial charge in [-0.1, -0.05) is 23.4 Å². The van der Waals surface area contributed by atoms with Crippen molar-refractivity contribution in [2.24, 2.45) is 5.41 Å². The molecular formula is C18H22N4O3.